The SMILES string of the molecule is C[C@H](C(=O)N=C=O)c1ccc(F)cc1. The van der Waals surface area contributed by atoms with Crippen molar-refractivity contribution in [2.45, 2.75) is 12.8 Å². The first-order valence-corrected chi connectivity index (χ1v) is 4.02. The van der Waals surface area contributed by atoms with E-state index < -0.39 is 11.8 Å². The van der Waals surface area contributed by atoms with Crippen LogP contribution in [0.25, 0.3) is 0 Å². The predicted molar refractivity (Wildman–Crippen MR) is 47.9 cm³/mol. The van der Waals surface area contributed by atoms with Gasteiger partial charge >= 0.3 is 0 Å². The lowest BCUT2D eigenvalue weighted by Crippen LogP contribution is -2.05. The Labute approximate surface area is 80.3 Å². The van der Waals surface area contributed by atoms with Crippen molar-refractivity contribution in [2.75, 3.05) is 0 Å². The molecule has 0 bridgehead atoms. The number of amides is 1. The standard InChI is InChI=1S/C10H8FNO2/c1-7(10(14)12-6-13)8-2-4-9(11)5-3-8/h2-5,7H,1H3/t7-/m0/s1. The zero-order valence-electron chi connectivity index (χ0n) is 7.53. The van der Waals surface area contributed by atoms with Gasteiger partial charge in [-0.3, -0.25) is 4.79 Å². The van der Waals surface area contributed by atoms with Crippen LogP contribution < -0.4 is 0 Å². The maximum atomic E-state index is 12.5. The molecular formula is C10H8FNO2. The van der Waals surface area contributed by atoms with E-state index in [0.717, 1.165) is 0 Å². The Morgan fingerprint density at radius 2 is 2.00 bits per heavy atom. The van der Waals surface area contributed by atoms with Gasteiger partial charge in [0.1, 0.15) is 5.82 Å². The van der Waals surface area contributed by atoms with Crippen LogP contribution in [0, 0.1) is 5.82 Å². The molecule has 0 aliphatic carbocycles. The van der Waals surface area contributed by atoms with Gasteiger partial charge in [-0.15, -0.1) is 4.99 Å². The van der Waals surface area contributed by atoms with E-state index in [2.05, 4.69) is 4.99 Å². The number of nitrogens with zero attached hydrogens (tertiary/aromatic N) is 1. The molecule has 1 atom stereocenters. The smallest absolute Gasteiger partial charge is 0.263 e. The Morgan fingerprint density at radius 1 is 1.43 bits per heavy atom. The normalized spacial score (nSPS) is 11.6. The molecule has 0 aliphatic heterocycles. The Balaban J connectivity index is 2.89. The van der Waals surface area contributed by atoms with E-state index in [4.69, 9.17) is 0 Å². The fourth-order valence-electron chi connectivity index (χ4n) is 1.04. The van der Waals surface area contributed by atoms with Gasteiger partial charge in [-0.2, -0.15) is 0 Å². The highest BCUT2D eigenvalue weighted by Gasteiger charge is 2.13. The average Bonchev–Trinajstić information content (AvgIpc) is 2.18. The molecule has 0 radical (unpaired) electrons. The number of carbonyl (C=O) groups is 1. The number of isocyanates is 1. The summed E-state index contributed by atoms with van der Waals surface area (Å²) < 4.78 is 12.5. The Hall–Kier alpha value is -1.80. The van der Waals surface area contributed by atoms with E-state index in [9.17, 15) is 14.0 Å². The monoisotopic (exact) mass is 193 g/mol. The van der Waals surface area contributed by atoms with Crippen molar-refractivity contribution >= 4 is 12.0 Å². The first-order valence-electron chi connectivity index (χ1n) is 4.02. The molecule has 3 nitrogen and oxygen atoms in total. The van der Waals surface area contributed by atoms with Gasteiger partial charge in [0.15, 0.2) is 0 Å². The number of halogens is 1. The average molecular weight is 193 g/mol. The molecule has 1 aromatic carbocycles. The molecule has 14 heavy (non-hydrogen) atoms. The summed E-state index contributed by atoms with van der Waals surface area (Å²) in [5.41, 5.74) is 0.621. The summed E-state index contributed by atoms with van der Waals surface area (Å²) in [4.78, 5) is 23.9. The van der Waals surface area contributed by atoms with E-state index in [1.54, 1.807) is 6.92 Å². The van der Waals surface area contributed by atoms with Crippen LogP contribution in [0.4, 0.5) is 4.39 Å². The molecule has 1 rings (SSSR count). The summed E-state index contributed by atoms with van der Waals surface area (Å²) in [7, 11) is 0. The van der Waals surface area contributed by atoms with E-state index in [0.29, 0.717) is 5.56 Å². The third-order valence-electron chi connectivity index (χ3n) is 1.90. The minimum absolute atomic E-state index is 0.368. The summed E-state index contributed by atoms with van der Waals surface area (Å²) in [5.74, 6) is -1.49. The molecule has 0 aromatic heterocycles. The zero-order valence-corrected chi connectivity index (χ0v) is 7.53. The molecule has 1 aromatic rings. The fraction of sp³-hybridized carbons (Fsp3) is 0.200. The van der Waals surface area contributed by atoms with Crippen LogP contribution in [-0.2, 0) is 9.59 Å². The van der Waals surface area contributed by atoms with Crippen molar-refractivity contribution in [1.29, 1.82) is 0 Å². The van der Waals surface area contributed by atoms with Gasteiger partial charge in [0, 0.05) is 0 Å². The van der Waals surface area contributed by atoms with Crippen LogP contribution in [0.1, 0.15) is 18.4 Å². The highest BCUT2D eigenvalue weighted by atomic mass is 19.1. The lowest BCUT2D eigenvalue weighted by molar-refractivity contribution is -0.118. The maximum absolute atomic E-state index is 12.5. The quantitative estimate of drug-likeness (QED) is 0.531. The van der Waals surface area contributed by atoms with Crippen LogP contribution in [0.15, 0.2) is 29.3 Å². The number of hydrogen-bond donors (Lipinski definition) is 0. The molecule has 4 heteroatoms. The third kappa shape index (κ3) is 2.34. The van der Waals surface area contributed by atoms with E-state index in [1.807, 2.05) is 0 Å². The lowest BCUT2D eigenvalue weighted by Gasteiger charge is -2.05. The Morgan fingerprint density at radius 3 is 2.50 bits per heavy atom. The second-order valence-electron chi connectivity index (χ2n) is 2.81. The lowest BCUT2D eigenvalue weighted by atomic mass is 10.0. The zero-order chi connectivity index (χ0) is 10.6. The molecule has 0 fully saturated rings. The molecular weight excluding hydrogens is 185 g/mol. The second kappa shape index (κ2) is 4.44. The maximum Gasteiger partial charge on any atom is 0.263 e. The van der Waals surface area contributed by atoms with Crippen LogP contribution in [-0.4, -0.2) is 12.0 Å². The molecule has 0 unspecified atom stereocenters. The van der Waals surface area contributed by atoms with E-state index in [1.165, 1.54) is 30.3 Å². The summed E-state index contributed by atoms with van der Waals surface area (Å²) in [5, 5.41) is 0. The Kier molecular flexibility index (Phi) is 3.26. The van der Waals surface area contributed by atoms with E-state index in [-0.39, 0.29) is 5.82 Å². The largest absolute Gasteiger partial charge is 0.271 e. The molecule has 0 aliphatic rings. The molecule has 0 spiro atoms. The topological polar surface area (TPSA) is 46.5 Å². The van der Waals surface area contributed by atoms with Gasteiger partial charge in [-0.1, -0.05) is 12.1 Å². The minimum Gasteiger partial charge on any atom is -0.271 e. The van der Waals surface area contributed by atoms with Gasteiger partial charge in [-0.05, 0) is 24.6 Å². The highest BCUT2D eigenvalue weighted by molar-refractivity contribution is 5.87. The number of hydrogen-bond acceptors (Lipinski definition) is 2. The number of benzene rings is 1. The molecule has 0 saturated carbocycles. The van der Waals surface area contributed by atoms with Crippen molar-refractivity contribution in [1.82, 2.24) is 0 Å². The van der Waals surface area contributed by atoms with Crippen LogP contribution in [0.2, 0.25) is 0 Å². The molecule has 1 amide bonds. The molecule has 72 valence electrons. The van der Waals surface area contributed by atoms with Crippen molar-refractivity contribution in [3.63, 3.8) is 0 Å². The summed E-state index contributed by atoms with van der Waals surface area (Å²) >= 11 is 0. The predicted octanol–water partition coefficient (Wildman–Crippen LogP) is 1.79. The van der Waals surface area contributed by atoms with Gasteiger partial charge in [0.25, 0.3) is 5.91 Å². The highest BCUT2D eigenvalue weighted by Crippen LogP contribution is 2.16. The van der Waals surface area contributed by atoms with Gasteiger partial charge in [0.05, 0.1) is 5.92 Å². The number of aliphatic imine (C=N–C) groups is 1. The summed E-state index contributed by atoms with van der Waals surface area (Å²) in [6.45, 7) is 1.59. The van der Waals surface area contributed by atoms with Crippen molar-refractivity contribution < 1.29 is 14.0 Å². The minimum atomic E-state index is -0.577. The number of carbonyl (C=O) groups excluding carboxylic acids is 2. The summed E-state index contributed by atoms with van der Waals surface area (Å²) in [6, 6.07) is 5.48. The summed E-state index contributed by atoms with van der Waals surface area (Å²) in [6.07, 6.45) is 1.18. The van der Waals surface area contributed by atoms with Gasteiger partial charge in [-0.25, -0.2) is 9.18 Å². The molecule has 0 heterocycles. The van der Waals surface area contributed by atoms with Crippen LogP contribution in [0.3, 0.4) is 0 Å². The first kappa shape index (κ1) is 10.3. The molecule has 0 saturated heterocycles. The van der Waals surface area contributed by atoms with Crippen LogP contribution >= 0.6 is 0 Å². The second-order valence-corrected chi connectivity index (χ2v) is 2.81. The first-order chi connectivity index (χ1) is 6.65. The molecule has 0 N–H and O–H groups in total. The fourth-order valence-corrected chi connectivity index (χ4v) is 1.04. The number of rotatable bonds is 2. The van der Waals surface area contributed by atoms with E-state index >= 15 is 0 Å². The third-order valence-corrected chi connectivity index (χ3v) is 1.90. The van der Waals surface area contributed by atoms with Crippen molar-refractivity contribution in [3.05, 3.63) is 35.6 Å². The van der Waals surface area contributed by atoms with Crippen LogP contribution in [0.5, 0.6) is 0 Å². The van der Waals surface area contributed by atoms with Gasteiger partial charge in [0.2, 0.25) is 6.08 Å². The Bertz CT molecular complexity index is 380. The van der Waals surface area contributed by atoms with Gasteiger partial charge < -0.3 is 0 Å². The van der Waals surface area contributed by atoms with Crippen molar-refractivity contribution in [2.24, 2.45) is 4.99 Å². The van der Waals surface area contributed by atoms with Crippen molar-refractivity contribution in [3.8, 4) is 0 Å².